The van der Waals surface area contributed by atoms with Crippen LogP contribution in [0.4, 0.5) is 0 Å². The van der Waals surface area contributed by atoms with E-state index in [-0.39, 0.29) is 12.4 Å². The predicted molar refractivity (Wildman–Crippen MR) is 67.6 cm³/mol. The van der Waals surface area contributed by atoms with Crippen LogP contribution in [0, 0.1) is 11.3 Å². The number of hydrogen-bond acceptors (Lipinski definition) is 3. The van der Waals surface area contributed by atoms with Crippen molar-refractivity contribution in [1.29, 1.82) is 5.26 Å². The Morgan fingerprint density at radius 3 is 2.53 bits per heavy atom. The molecule has 0 aliphatic heterocycles. The highest BCUT2D eigenvalue weighted by molar-refractivity contribution is 5.85. The Morgan fingerprint density at radius 2 is 1.94 bits per heavy atom. The molecule has 1 aromatic carbocycles. The zero-order valence-corrected chi connectivity index (χ0v) is 9.98. The number of hydrogen-bond donors (Lipinski definition) is 1. The molecule has 0 aliphatic carbocycles. The summed E-state index contributed by atoms with van der Waals surface area (Å²) < 4.78 is 5.19. The summed E-state index contributed by atoms with van der Waals surface area (Å²) in [5, 5.41) is 12.1. The van der Waals surface area contributed by atoms with Crippen LogP contribution in [0.3, 0.4) is 0 Å². The lowest BCUT2D eigenvalue weighted by Crippen LogP contribution is -2.18. The molecule has 0 aliphatic rings. The Morgan fingerprint density at radius 1 is 1.18 bits per heavy atom. The van der Waals surface area contributed by atoms with Gasteiger partial charge in [0, 0.05) is 6.54 Å². The van der Waals surface area contributed by atoms with E-state index in [1.165, 1.54) is 0 Å². The zero-order valence-electron chi connectivity index (χ0n) is 9.17. The van der Waals surface area contributed by atoms with E-state index < -0.39 is 6.04 Å². The van der Waals surface area contributed by atoms with Crippen LogP contribution in [0.2, 0.25) is 0 Å². The Balaban J connectivity index is 0.00000144. The number of nitrogens with zero attached hydrogens (tertiary/aromatic N) is 1. The summed E-state index contributed by atoms with van der Waals surface area (Å²) in [6.45, 7) is 0.653. The van der Waals surface area contributed by atoms with Crippen molar-refractivity contribution < 1.29 is 4.42 Å². The first kappa shape index (κ1) is 13.3. The number of halogens is 1. The SMILES string of the molecule is Cl.N#CC(NCc1ccccc1)c1ccco1. The van der Waals surface area contributed by atoms with Gasteiger partial charge in [-0.25, -0.2) is 0 Å². The fourth-order valence-electron chi connectivity index (χ4n) is 1.48. The number of rotatable bonds is 4. The number of nitriles is 1. The summed E-state index contributed by atoms with van der Waals surface area (Å²) in [4.78, 5) is 0. The van der Waals surface area contributed by atoms with Crippen LogP contribution in [-0.2, 0) is 6.54 Å². The van der Waals surface area contributed by atoms with Crippen molar-refractivity contribution in [3.05, 3.63) is 60.1 Å². The van der Waals surface area contributed by atoms with Gasteiger partial charge in [0.1, 0.15) is 5.76 Å². The van der Waals surface area contributed by atoms with Crippen molar-refractivity contribution in [3.63, 3.8) is 0 Å². The molecule has 0 amide bonds. The lowest BCUT2D eigenvalue weighted by atomic mass is 10.2. The van der Waals surface area contributed by atoms with Gasteiger partial charge in [0.2, 0.25) is 0 Å². The molecule has 1 atom stereocenters. The molecule has 2 aromatic rings. The Hall–Kier alpha value is -1.76. The molecule has 88 valence electrons. The summed E-state index contributed by atoms with van der Waals surface area (Å²) in [6, 6.07) is 15.3. The maximum absolute atomic E-state index is 9.00. The van der Waals surface area contributed by atoms with Gasteiger partial charge in [-0.15, -0.1) is 12.4 Å². The molecule has 0 fully saturated rings. The van der Waals surface area contributed by atoms with Crippen molar-refractivity contribution in [2.45, 2.75) is 12.6 Å². The molecule has 1 unspecified atom stereocenters. The lowest BCUT2D eigenvalue weighted by molar-refractivity contribution is 0.457. The number of furan rings is 1. The van der Waals surface area contributed by atoms with E-state index in [1.54, 1.807) is 18.4 Å². The summed E-state index contributed by atoms with van der Waals surface area (Å²) in [7, 11) is 0. The van der Waals surface area contributed by atoms with Crippen LogP contribution in [-0.4, -0.2) is 0 Å². The summed E-state index contributed by atoms with van der Waals surface area (Å²) in [5.74, 6) is 0.651. The second-order valence-corrected chi connectivity index (χ2v) is 3.44. The Bertz CT molecular complexity index is 462. The van der Waals surface area contributed by atoms with Gasteiger partial charge >= 0.3 is 0 Å². The first-order valence-electron chi connectivity index (χ1n) is 5.10. The monoisotopic (exact) mass is 248 g/mol. The highest BCUT2D eigenvalue weighted by Crippen LogP contribution is 2.13. The largest absolute Gasteiger partial charge is 0.467 e. The van der Waals surface area contributed by atoms with E-state index in [1.807, 2.05) is 30.3 Å². The second kappa shape index (κ2) is 6.74. The first-order chi connectivity index (χ1) is 7.90. The van der Waals surface area contributed by atoms with E-state index in [9.17, 15) is 0 Å². The quantitative estimate of drug-likeness (QED) is 0.905. The van der Waals surface area contributed by atoms with Gasteiger partial charge in [-0.3, -0.25) is 5.32 Å². The summed E-state index contributed by atoms with van der Waals surface area (Å²) in [6.07, 6.45) is 1.57. The fourth-order valence-corrected chi connectivity index (χ4v) is 1.48. The van der Waals surface area contributed by atoms with Gasteiger partial charge in [-0.2, -0.15) is 5.26 Å². The van der Waals surface area contributed by atoms with Gasteiger partial charge < -0.3 is 4.42 Å². The third-order valence-electron chi connectivity index (χ3n) is 2.31. The maximum atomic E-state index is 9.00. The van der Waals surface area contributed by atoms with Crippen molar-refractivity contribution in [3.8, 4) is 6.07 Å². The topological polar surface area (TPSA) is 49.0 Å². The normalized spacial score (nSPS) is 11.2. The van der Waals surface area contributed by atoms with Gasteiger partial charge in [-0.1, -0.05) is 30.3 Å². The highest BCUT2D eigenvalue weighted by atomic mass is 35.5. The Labute approximate surface area is 106 Å². The molecule has 1 aromatic heterocycles. The van der Waals surface area contributed by atoms with Crippen molar-refractivity contribution in [1.82, 2.24) is 5.32 Å². The van der Waals surface area contributed by atoms with Crippen LogP contribution in [0.15, 0.2) is 53.1 Å². The van der Waals surface area contributed by atoms with E-state index in [2.05, 4.69) is 11.4 Å². The molecule has 3 nitrogen and oxygen atoms in total. The van der Waals surface area contributed by atoms with Crippen LogP contribution in [0.1, 0.15) is 17.4 Å². The lowest BCUT2D eigenvalue weighted by Gasteiger charge is -2.08. The number of nitrogens with one attached hydrogen (secondary N) is 1. The smallest absolute Gasteiger partial charge is 0.154 e. The molecular weight excluding hydrogens is 236 g/mol. The molecular formula is C13H13ClN2O. The molecule has 0 spiro atoms. The molecule has 1 heterocycles. The van der Waals surface area contributed by atoms with Crippen molar-refractivity contribution >= 4 is 12.4 Å². The van der Waals surface area contributed by atoms with Gasteiger partial charge in [-0.05, 0) is 17.7 Å². The van der Waals surface area contributed by atoms with Crippen molar-refractivity contribution in [2.24, 2.45) is 0 Å². The molecule has 17 heavy (non-hydrogen) atoms. The predicted octanol–water partition coefficient (Wildman–Crippen LogP) is 3.06. The minimum Gasteiger partial charge on any atom is -0.467 e. The molecule has 0 saturated carbocycles. The van der Waals surface area contributed by atoms with E-state index in [4.69, 9.17) is 9.68 Å². The minimum absolute atomic E-state index is 0. The highest BCUT2D eigenvalue weighted by Gasteiger charge is 2.11. The van der Waals surface area contributed by atoms with E-state index >= 15 is 0 Å². The van der Waals surface area contributed by atoms with Gasteiger partial charge in [0.25, 0.3) is 0 Å². The average Bonchev–Trinajstić information content (AvgIpc) is 2.85. The van der Waals surface area contributed by atoms with E-state index in [0.29, 0.717) is 12.3 Å². The van der Waals surface area contributed by atoms with Crippen LogP contribution >= 0.6 is 12.4 Å². The van der Waals surface area contributed by atoms with Gasteiger partial charge in [0.15, 0.2) is 6.04 Å². The molecule has 2 rings (SSSR count). The molecule has 1 N–H and O–H groups in total. The molecule has 0 saturated heterocycles. The minimum atomic E-state index is -0.393. The zero-order chi connectivity index (χ0) is 11.2. The van der Waals surface area contributed by atoms with Crippen LogP contribution < -0.4 is 5.32 Å². The third kappa shape index (κ3) is 3.63. The average molecular weight is 249 g/mol. The second-order valence-electron chi connectivity index (χ2n) is 3.44. The van der Waals surface area contributed by atoms with Crippen LogP contribution in [0.25, 0.3) is 0 Å². The molecule has 0 radical (unpaired) electrons. The Kier molecular flexibility index (Phi) is 5.28. The van der Waals surface area contributed by atoms with Crippen molar-refractivity contribution in [2.75, 3.05) is 0 Å². The molecule has 4 heteroatoms. The fraction of sp³-hybridized carbons (Fsp3) is 0.154. The standard InChI is InChI=1S/C13H12N2O.ClH/c14-9-12(13-7-4-8-16-13)15-10-11-5-2-1-3-6-11;/h1-8,12,15H,10H2;1H. The van der Waals surface area contributed by atoms with Gasteiger partial charge in [0.05, 0.1) is 12.3 Å². The van der Waals surface area contributed by atoms with E-state index in [0.717, 1.165) is 5.56 Å². The summed E-state index contributed by atoms with van der Waals surface area (Å²) in [5.41, 5.74) is 1.15. The summed E-state index contributed by atoms with van der Waals surface area (Å²) >= 11 is 0. The number of benzene rings is 1. The van der Waals surface area contributed by atoms with Crippen LogP contribution in [0.5, 0.6) is 0 Å². The molecule has 0 bridgehead atoms. The first-order valence-corrected chi connectivity index (χ1v) is 5.10. The maximum Gasteiger partial charge on any atom is 0.154 e. The third-order valence-corrected chi connectivity index (χ3v) is 2.31.